The van der Waals surface area contributed by atoms with Crippen LogP contribution in [0.25, 0.3) is 5.65 Å². The summed E-state index contributed by atoms with van der Waals surface area (Å²) < 4.78 is 2.04. The molecule has 2 heterocycles. The van der Waals surface area contributed by atoms with Gasteiger partial charge in [-0.3, -0.25) is 4.40 Å². The van der Waals surface area contributed by atoms with Crippen molar-refractivity contribution in [1.82, 2.24) is 14.4 Å². The Balaban J connectivity index is 2.82. The summed E-state index contributed by atoms with van der Waals surface area (Å²) in [6.45, 7) is 1.82. The van der Waals surface area contributed by atoms with Gasteiger partial charge in [0.05, 0.1) is 5.97 Å². The maximum Gasteiger partial charge on any atom is 0.170 e. The third kappa shape index (κ3) is 1.27. The molecule has 0 radical (unpaired) electrons. The van der Waals surface area contributed by atoms with Gasteiger partial charge in [-0.25, -0.2) is 9.97 Å². The third-order valence-corrected chi connectivity index (χ3v) is 2.38. The lowest BCUT2D eigenvalue weighted by atomic mass is 10.4. The Morgan fingerprint density at radius 1 is 1.64 bits per heavy atom. The molecule has 0 saturated heterocycles. The van der Waals surface area contributed by atoms with Gasteiger partial charge < -0.3 is 9.90 Å². The van der Waals surface area contributed by atoms with E-state index < -0.39 is 5.97 Å². The molecular formula is C8H5BrN3O2-. The van der Waals surface area contributed by atoms with Gasteiger partial charge in [0.25, 0.3) is 0 Å². The third-order valence-electron chi connectivity index (χ3n) is 1.85. The van der Waals surface area contributed by atoms with Crippen LogP contribution in [0.1, 0.15) is 16.2 Å². The zero-order valence-electron chi connectivity index (χ0n) is 7.19. The number of hydrogen-bond donors (Lipinski definition) is 0. The van der Waals surface area contributed by atoms with Crippen LogP contribution >= 0.6 is 15.9 Å². The number of imidazole rings is 1. The molecule has 6 heteroatoms. The van der Waals surface area contributed by atoms with Crippen LogP contribution in [0, 0.1) is 6.92 Å². The number of nitrogens with zero attached hydrogens (tertiary/aromatic N) is 3. The normalized spacial score (nSPS) is 10.7. The Morgan fingerprint density at radius 2 is 2.36 bits per heavy atom. The number of hydrogen-bond acceptors (Lipinski definition) is 4. The van der Waals surface area contributed by atoms with Crippen molar-refractivity contribution in [3.8, 4) is 0 Å². The number of carbonyl (C=O) groups is 1. The van der Waals surface area contributed by atoms with Crippen molar-refractivity contribution >= 4 is 27.5 Å². The van der Waals surface area contributed by atoms with Crippen LogP contribution in [-0.4, -0.2) is 20.3 Å². The molecule has 5 nitrogen and oxygen atoms in total. The summed E-state index contributed by atoms with van der Waals surface area (Å²) in [6, 6.07) is 0. The molecule has 0 N–H and O–H groups in total. The molecule has 0 aromatic carbocycles. The molecule has 0 spiro atoms. The van der Waals surface area contributed by atoms with E-state index in [1.165, 1.54) is 6.20 Å². The number of carboxylic acid groups (broad SMARTS) is 1. The lowest BCUT2D eigenvalue weighted by Crippen LogP contribution is -2.24. The Kier molecular flexibility index (Phi) is 1.99. The van der Waals surface area contributed by atoms with Crippen LogP contribution in [0.3, 0.4) is 0 Å². The van der Waals surface area contributed by atoms with Crippen molar-refractivity contribution in [3.63, 3.8) is 0 Å². The highest BCUT2D eigenvalue weighted by molar-refractivity contribution is 9.10. The lowest BCUT2D eigenvalue weighted by Gasteiger charge is -2.04. The van der Waals surface area contributed by atoms with Gasteiger partial charge >= 0.3 is 0 Å². The van der Waals surface area contributed by atoms with E-state index in [1.807, 2.05) is 6.92 Å². The average molecular weight is 255 g/mol. The molecule has 0 fully saturated rings. The summed E-state index contributed by atoms with van der Waals surface area (Å²) in [6.07, 6.45) is 3.03. The second kappa shape index (κ2) is 3.06. The Morgan fingerprint density at radius 3 is 3.00 bits per heavy atom. The fourth-order valence-electron chi connectivity index (χ4n) is 1.17. The van der Waals surface area contributed by atoms with Crippen molar-refractivity contribution in [2.75, 3.05) is 0 Å². The van der Waals surface area contributed by atoms with Gasteiger partial charge in [-0.1, -0.05) is 0 Å². The molecule has 0 amide bonds. The molecule has 0 aliphatic carbocycles. The first-order valence-electron chi connectivity index (χ1n) is 3.81. The van der Waals surface area contributed by atoms with E-state index >= 15 is 0 Å². The topological polar surface area (TPSA) is 70.3 Å². The fraction of sp³-hybridized carbons (Fsp3) is 0.125. The Labute approximate surface area is 87.5 Å². The number of fused-ring (bicyclic) bond motifs is 1. The molecule has 0 aliphatic rings. The molecule has 2 aromatic heterocycles. The summed E-state index contributed by atoms with van der Waals surface area (Å²) in [4.78, 5) is 18.4. The number of carbonyl (C=O) groups excluding carboxylic acids is 1. The van der Waals surface area contributed by atoms with Crippen molar-refractivity contribution in [1.29, 1.82) is 0 Å². The quantitative estimate of drug-likeness (QED) is 0.727. The minimum Gasteiger partial charge on any atom is -0.543 e. The van der Waals surface area contributed by atoms with Crippen LogP contribution in [0.5, 0.6) is 0 Å². The largest absolute Gasteiger partial charge is 0.543 e. The molecule has 72 valence electrons. The van der Waals surface area contributed by atoms with E-state index in [9.17, 15) is 9.90 Å². The molecular weight excluding hydrogens is 250 g/mol. The summed E-state index contributed by atoms with van der Waals surface area (Å²) in [5.74, 6) is -1.30. The van der Waals surface area contributed by atoms with Gasteiger partial charge in [0, 0.05) is 18.1 Å². The number of aryl methyl sites for hydroxylation is 1. The van der Waals surface area contributed by atoms with Crippen molar-refractivity contribution in [2.24, 2.45) is 0 Å². The average Bonchev–Trinajstić information content (AvgIpc) is 2.48. The van der Waals surface area contributed by atoms with E-state index in [4.69, 9.17) is 0 Å². The van der Waals surface area contributed by atoms with Crippen LogP contribution in [0.4, 0.5) is 0 Å². The van der Waals surface area contributed by atoms with E-state index in [-0.39, 0.29) is 5.69 Å². The molecule has 0 aliphatic heterocycles. The van der Waals surface area contributed by atoms with Crippen LogP contribution in [0.2, 0.25) is 0 Å². The molecule has 0 atom stereocenters. The molecule has 0 unspecified atom stereocenters. The van der Waals surface area contributed by atoms with Gasteiger partial charge in [0.15, 0.2) is 5.65 Å². The first-order valence-corrected chi connectivity index (χ1v) is 4.60. The van der Waals surface area contributed by atoms with Crippen molar-refractivity contribution in [3.05, 3.63) is 28.4 Å². The number of halogens is 1. The SMILES string of the molecule is Cc1cnc2c(Br)nc(C(=O)[O-])cn12. The van der Waals surface area contributed by atoms with Crippen LogP contribution < -0.4 is 5.11 Å². The van der Waals surface area contributed by atoms with E-state index in [2.05, 4.69) is 25.9 Å². The molecule has 0 saturated carbocycles. The first kappa shape index (κ1) is 9.14. The van der Waals surface area contributed by atoms with Gasteiger partial charge in [-0.05, 0) is 22.9 Å². The van der Waals surface area contributed by atoms with Crippen molar-refractivity contribution < 1.29 is 9.90 Å². The van der Waals surface area contributed by atoms with Gasteiger partial charge in [0.2, 0.25) is 0 Å². The van der Waals surface area contributed by atoms with Gasteiger partial charge in [-0.2, -0.15) is 0 Å². The zero-order valence-corrected chi connectivity index (χ0v) is 8.78. The summed E-state index contributed by atoms with van der Waals surface area (Å²) in [5.41, 5.74) is 1.31. The maximum atomic E-state index is 10.6. The predicted molar refractivity (Wildman–Crippen MR) is 49.8 cm³/mol. The van der Waals surface area contributed by atoms with Gasteiger partial charge in [-0.15, -0.1) is 0 Å². The highest BCUT2D eigenvalue weighted by atomic mass is 79.9. The highest BCUT2D eigenvalue weighted by Gasteiger charge is 2.07. The Bertz CT molecular complexity index is 521. The molecule has 0 bridgehead atoms. The number of rotatable bonds is 1. The molecule has 2 rings (SSSR count). The molecule has 2 aromatic rings. The monoisotopic (exact) mass is 254 g/mol. The van der Waals surface area contributed by atoms with Gasteiger partial charge in [0.1, 0.15) is 10.3 Å². The lowest BCUT2D eigenvalue weighted by molar-refractivity contribution is -0.255. The number of carboxylic acids is 1. The highest BCUT2D eigenvalue weighted by Crippen LogP contribution is 2.16. The minimum atomic E-state index is -1.30. The molecule has 14 heavy (non-hydrogen) atoms. The summed E-state index contributed by atoms with van der Waals surface area (Å²) in [5, 5.41) is 10.6. The van der Waals surface area contributed by atoms with Crippen molar-refractivity contribution in [2.45, 2.75) is 6.92 Å². The Hall–Kier alpha value is -1.43. The van der Waals surface area contributed by atoms with Crippen LogP contribution in [0.15, 0.2) is 17.0 Å². The summed E-state index contributed by atoms with van der Waals surface area (Å²) in [7, 11) is 0. The van der Waals surface area contributed by atoms with E-state index in [0.29, 0.717) is 10.3 Å². The second-order valence-corrected chi connectivity index (χ2v) is 3.55. The number of aromatic nitrogens is 3. The smallest absolute Gasteiger partial charge is 0.170 e. The summed E-state index contributed by atoms with van der Waals surface area (Å²) >= 11 is 3.14. The maximum absolute atomic E-state index is 10.6. The fourth-order valence-corrected chi connectivity index (χ4v) is 1.65. The first-order chi connectivity index (χ1) is 6.59. The van der Waals surface area contributed by atoms with Crippen LogP contribution in [-0.2, 0) is 0 Å². The number of aromatic carboxylic acids is 1. The predicted octanol–water partition coefficient (Wildman–Crippen LogP) is 0.164. The van der Waals surface area contributed by atoms with E-state index in [1.54, 1.807) is 10.6 Å². The van der Waals surface area contributed by atoms with E-state index in [0.717, 1.165) is 5.69 Å². The zero-order chi connectivity index (χ0) is 10.3. The standard InChI is InChI=1S/C8H6BrN3O2/c1-4-2-10-7-6(9)11-5(8(13)14)3-12(4)7/h2-3H,1H3,(H,13,14)/p-1. The second-order valence-electron chi connectivity index (χ2n) is 2.80. The minimum absolute atomic E-state index is 0.120.